The van der Waals surface area contributed by atoms with Crippen LogP contribution in [0.15, 0.2) is 59.6 Å². The van der Waals surface area contributed by atoms with Gasteiger partial charge in [-0.25, -0.2) is 16.8 Å². The van der Waals surface area contributed by atoms with Crippen molar-refractivity contribution in [2.45, 2.75) is 11.5 Å². The number of aliphatic hydroxyl groups is 1. The number of para-hydroxylation sites is 1. The number of nitrogens with zero attached hydrogens (tertiary/aromatic N) is 1. The van der Waals surface area contributed by atoms with Gasteiger partial charge in [0.25, 0.3) is 10.0 Å². The highest BCUT2D eigenvalue weighted by Crippen LogP contribution is 2.26. The molecule has 4 nitrogen and oxygen atoms in total. The summed E-state index contributed by atoms with van der Waals surface area (Å²) in [4.78, 5) is -0.00542. The number of aliphatic hydroxyl groups excluding tert-OH is 1. The molecule has 0 amide bonds. The number of halogens is 1. The molecule has 3 rings (SSSR count). The monoisotopic (exact) mass is 305 g/mol. The van der Waals surface area contributed by atoms with E-state index in [9.17, 15) is 17.9 Å². The van der Waals surface area contributed by atoms with E-state index in [0.717, 1.165) is 16.1 Å². The highest BCUT2D eigenvalue weighted by Gasteiger charge is 2.20. The van der Waals surface area contributed by atoms with Crippen molar-refractivity contribution in [1.29, 1.82) is 0 Å². The van der Waals surface area contributed by atoms with Gasteiger partial charge in [0, 0.05) is 17.1 Å². The highest BCUT2D eigenvalue weighted by molar-refractivity contribution is 7.90. The zero-order valence-electron chi connectivity index (χ0n) is 10.9. The van der Waals surface area contributed by atoms with Gasteiger partial charge in [0.15, 0.2) is 0 Å². The smallest absolute Gasteiger partial charge is 0.268 e. The number of benzene rings is 2. The van der Waals surface area contributed by atoms with Crippen molar-refractivity contribution < 1.29 is 17.9 Å². The van der Waals surface area contributed by atoms with Crippen molar-refractivity contribution in [3.05, 3.63) is 66.1 Å². The molecular formula is C15H12FNO3S. The zero-order chi connectivity index (χ0) is 15.0. The van der Waals surface area contributed by atoms with Gasteiger partial charge in [0.05, 0.1) is 17.0 Å². The molecule has 0 fully saturated rings. The first-order valence-corrected chi connectivity index (χ1v) is 7.69. The Balaban J connectivity index is 2.26. The topological polar surface area (TPSA) is 59.3 Å². The summed E-state index contributed by atoms with van der Waals surface area (Å²) >= 11 is 0. The average Bonchev–Trinajstić information content (AvgIpc) is 2.87. The summed E-state index contributed by atoms with van der Waals surface area (Å²) in [6, 6.07) is 11.6. The van der Waals surface area contributed by atoms with Crippen LogP contribution >= 0.6 is 0 Å². The summed E-state index contributed by atoms with van der Waals surface area (Å²) < 4.78 is 39.4. The highest BCUT2D eigenvalue weighted by atomic mass is 32.2. The molecule has 0 saturated heterocycles. The summed E-state index contributed by atoms with van der Waals surface area (Å²) in [7, 11) is -3.83. The molecule has 1 aromatic heterocycles. The number of hydrogen-bond donors (Lipinski definition) is 1. The molecule has 3 aromatic rings. The lowest BCUT2D eigenvalue weighted by Gasteiger charge is -2.07. The van der Waals surface area contributed by atoms with Gasteiger partial charge in [-0.2, -0.15) is 0 Å². The maximum atomic E-state index is 13.0. The van der Waals surface area contributed by atoms with Gasteiger partial charge in [-0.3, -0.25) is 0 Å². The predicted octanol–water partition coefficient (Wildman–Crippen LogP) is 2.51. The molecule has 0 unspecified atom stereocenters. The lowest BCUT2D eigenvalue weighted by atomic mass is 10.2. The Bertz CT molecular complexity index is 898. The van der Waals surface area contributed by atoms with Gasteiger partial charge >= 0.3 is 0 Å². The fourth-order valence-electron chi connectivity index (χ4n) is 2.26. The fraction of sp³-hybridized carbons (Fsp3) is 0.0667. The van der Waals surface area contributed by atoms with E-state index in [4.69, 9.17) is 0 Å². The fourth-order valence-corrected chi connectivity index (χ4v) is 3.65. The van der Waals surface area contributed by atoms with Crippen LogP contribution in [0.3, 0.4) is 0 Å². The van der Waals surface area contributed by atoms with E-state index in [1.807, 2.05) is 0 Å². The van der Waals surface area contributed by atoms with Crippen molar-refractivity contribution in [2.24, 2.45) is 0 Å². The van der Waals surface area contributed by atoms with Gasteiger partial charge < -0.3 is 5.11 Å². The SMILES string of the molecule is O=S(=O)(c1ccc(F)cc1)n1cc(CO)c2ccccc21. The van der Waals surface area contributed by atoms with Crippen molar-refractivity contribution in [2.75, 3.05) is 0 Å². The predicted molar refractivity (Wildman–Crippen MR) is 76.8 cm³/mol. The first-order valence-electron chi connectivity index (χ1n) is 6.25. The zero-order valence-corrected chi connectivity index (χ0v) is 11.7. The maximum Gasteiger partial charge on any atom is 0.268 e. The van der Waals surface area contributed by atoms with Crippen LogP contribution in [0.2, 0.25) is 0 Å². The Labute approximate surface area is 121 Å². The van der Waals surface area contributed by atoms with Crippen LogP contribution in [0.5, 0.6) is 0 Å². The first kappa shape index (κ1) is 13.8. The summed E-state index contributed by atoms with van der Waals surface area (Å²) in [6.45, 7) is -0.257. The summed E-state index contributed by atoms with van der Waals surface area (Å²) in [6.07, 6.45) is 1.39. The Morgan fingerprint density at radius 3 is 2.38 bits per heavy atom. The average molecular weight is 305 g/mol. The van der Waals surface area contributed by atoms with Crippen molar-refractivity contribution in [3.63, 3.8) is 0 Å². The molecule has 0 atom stereocenters. The molecule has 2 aromatic carbocycles. The van der Waals surface area contributed by atoms with Crippen molar-refractivity contribution in [1.82, 2.24) is 3.97 Å². The van der Waals surface area contributed by atoms with Gasteiger partial charge in [0.2, 0.25) is 0 Å². The van der Waals surface area contributed by atoms with Gasteiger partial charge in [-0.15, -0.1) is 0 Å². The van der Waals surface area contributed by atoms with Crippen LogP contribution in [-0.2, 0) is 16.6 Å². The summed E-state index contributed by atoms with van der Waals surface area (Å²) in [5, 5.41) is 10.0. The second-order valence-electron chi connectivity index (χ2n) is 4.58. The largest absolute Gasteiger partial charge is 0.392 e. The number of rotatable bonds is 3. The molecule has 1 N–H and O–H groups in total. The van der Waals surface area contributed by atoms with Crippen molar-refractivity contribution >= 4 is 20.9 Å². The third kappa shape index (κ3) is 2.22. The van der Waals surface area contributed by atoms with Crippen LogP contribution in [0.25, 0.3) is 10.9 Å². The van der Waals surface area contributed by atoms with Crippen LogP contribution < -0.4 is 0 Å². The molecule has 0 saturated carbocycles. The molecule has 21 heavy (non-hydrogen) atoms. The summed E-state index contributed by atoms with van der Waals surface area (Å²) in [5.41, 5.74) is 1.00. The van der Waals surface area contributed by atoms with E-state index < -0.39 is 15.8 Å². The number of fused-ring (bicyclic) bond motifs is 1. The molecule has 0 bridgehead atoms. The maximum absolute atomic E-state index is 13.0. The van der Waals surface area contributed by atoms with Gasteiger partial charge in [-0.05, 0) is 30.3 Å². The lowest BCUT2D eigenvalue weighted by molar-refractivity contribution is 0.283. The molecule has 0 radical (unpaired) electrons. The van der Waals surface area contributed by atoms with Crippen LogP contribution in [0, 0.1) is 5.82 Å². The molecule has 0 aliphatic heterocycles. The first-order chi connectivity index (χ1) is 10.0. The van der Waals surface area contributed by atoms with E-state index >= 15 is 0 Å². The second-order valence-corrected chi connectivity index (χ2v) is 6.40. The minimum absolute atomic E-state index is 0.00542. The molecule has 0 aliphatic rings. The number of hydrogen-bond acceptors (Lipinski definition) is 3. The molecular weight excluding hydrogens is 293 g/mol. The Kier molecular flexibility index (Phi) is 3.27. The molecule has 6 heteroatoms. The van der Waals surface area contributed by atoms with E-state index in [-0.39, 0.29) is 11.5 Å². The van der Waals surface area contributed by atoms with Crippen LogP contribution in [-0.4, -0.2) is 17.5 Å². The lowest BCUT2D eigenvalue weighted by Crippen LogP contribution is -2.11. The minimum atomic E-state index is -3.83. The van der Waals surface area contributed by atoms with Crippen LogP contribution in [0.1, 0.15) is 5.56 Å². The third-order valence-electron chi connectivity index (χ3n) is 3.30. The van der Waals surface area contributed by atoms with Crippen molar-refractivity contribution in [3.8, 4) is 0 Å². The molecule has 108 valence electrons. The van der Waals surface area contributed by atoms with E-state index in [1.165, 1.54) is 18.3 Å². The number of aromatic nitrogens is 1. The normalized spacial score (nSPS) is 11.9. The third-order valence-corrected chi connectivity index (χ3v) is 4.99. The van der Waals surface area contributed by atoms with E-state index in [0.29, 0.717) is 16.5 Å². The van der Waals surface area contributed by atoms with Crippen LogP contribution in [0.4, 0.5) is 4.39 Å². The minimum Gasteiger partial charge on any atom is -0.392 e. The summed E-state index contributed by atoms with van der Waals surface area (Å²) in [5.74, 6) is -0.498. The Hall–Kier alpha value is -2.18. The molecule has 1 heterocycles. The van der Waals surface area contributed by atoms with Gasteiger partial charge in [-0.1, -0.05) is 18.2 Å². The standard InChI is InChI=1S/C15H12FNO3S/c16-12-5-7-13(8-6-12)21(19,20)17-9-11(10-18)14-3-1-2-4-15(14)17/h1-9,18H,10H2. The van der Waals surface area contributed by atoms with Gasteiger partial charge in [0.1, 0.15) is 5.82 Å². The molecule has 0 spiro atoms. The molecule has 0 aliphatic carbocycles. The second kappa shape index (κ2) is 4.98. The van der Waals surface area contributed by atoms with E-state index in [2.05, 4.69) is 0 Å². The Morgan fingerprint density at radius 2 is 1.71 bits per heavy atom. The Morgan fingerprint density at radius 1 is 1.05 bits per heavy atom. The quantitative estimate of drug-likeness (QED) is 0.809. The van der Waals surface area contributed by atoms with E-state index in [1.54, 1.807) is 24.3 Å².